The number of halogens is 1. The Morgan fingerprint density at radius 3 is 2.86 bits per heavy atom. The first-order valence-electron chi connectivity index (χ1n) is 8.65. The molecule has 0 fully saturated rings. The molecule has 0 unspecified atom stereocenters. The van der Waals surface area contributed by atoms with Crippen molar-refractivity contribution in [2.24, 2.45) is 0 Å². The summed E-state index contributed by atoms with van der Waals surface area (Å²) in [5.74, 6) is 1.04. The fourth-order valence-corrected chi connectivity index (χ4v) is 3.36. The van der Waals surface area contributed by atoms with Crippen LogP contribution in [0.5, 0.6) is 0 Å². The largest absolute Gasteiger partial charge is 0.618 e. The maximum absolute atomic E-state index is 13.1. The molecule has 0 radical (unpaired) electrons. The van der Waals surface area contributed by atoms with Gasteiger partial charge in [-0.25, -0.2) is 14.4 Å². The van der Waals surface area contributed by atoms with Crippen molar-refractivity contribution in [2.45, 2.75) is 13.5 Å². The molecule has 0 spiro atoms. The van der Waals surface area contributed by atoms with Crippen molar-refractivity contribution in [1.82, 2.24) is 19.7 Å². The summed E-state index contributed by atoms with van der Waals surface area (Å²) >= 11 is 0. The van der Waals surface area contributed by atoms with E-state index in [0.29, 0.717) is 34.5 Å². The fraction of sp³-hybridized carbons (Fsp3) is 0.100. The van der Waals surface area contributed by atoms with Crippen LogP contribution in [0.2, 0.25) is 0 Å². The summed E-state index contributed by atoms with van der Waals surface area (Å²) in [6.07, 6.45) is 3.10. The van der Waals surface area contributed by atoms with E-state index in [9.17, 15) is 9.60 Å². The number of imidazole rings is 1. The monoisotopic (exact) mass is 375 g/mol. The fourth-order valence-electron chi connectivity index (χ4n) is 3.36. The summed E-state index contributed by atoms with van der Waals surface area (Å²) in [5.41, 5.74) is 3.77. The third-order valence-corrected chi connectivity index (χ3v) is 4.69. The molecule has 28 heavy (non-hydrogen) atoms. The second-order valence-electron chi connectivity index (χ2n) is 6.49. The molecule has 1 aromatic carbocycles. The van der Waals surface area contributed by atoms with E-state index >= 15 is 0 Å². The Morgan fingerprint density at radius 2 is 2.04 bits per heavy atom. The number of hydrogen-bond acceptors (Lipinski definition) is 5. The Balaban J connectivity index is 1.60. The van der Waals surface area contributed by atoms with Gasteiger partial charge in [0, 0.05) is 23.9 Å². The highest BCUT2D eigenvalue weighted by atomic mass is 19.1. The van der Waals surface area contributed by atoms with Gasteiger partial charge < -0.3 is 14.3 Å². The lowest BCUT2D eigenvalue weighted by molar-refractivity contribution is -0.575. The Morgan fingerprint density at radius 1 is 1.21 bits per heavy atom. The minimum Gasteiger partial charge on any atom is -0.618 e. The van der Waals surface area contributed by atoms with Gasteiger partial charge in [0.2, 0.25) is 11.7 Å². The van der Waals surface area contributed by atoms with Crippen LogP contribution in [0.3, 0.4) is 0 Å². The zero-order valence-corrected chi connectivity index (χ0v) is 14.8. The number of pyridine rings is 2. The van der Waals surface area contributed by atoms with Gasteiger partial charge in [0.25, 0.3) is 0 Å². The van der Waals surface area contributed by atoms with E-state index in [4.69, 9.17) is 4.52 Å². The highest BCUT2D eigenvalue weighted by Gasteiger charge is 2.19. The number of rotatable bonds is 3. The Labute approximate surface area is 158 Å². The van der Waals surface area contributed by atoms with Crippen LogP contribution in [0.4, 0.5) is 4.39 Å². The number of aryl methyl sites for hydroxylation is 1. The molecular formula is C20H14FN5O2. The van der Waals surface area contributed by atoms with Crippen molar-refractivity contribution in [2.75, 3.05) is 0 Å². The maximum Gasteiger partial charge on any atom is 0.244 e. The summed E-state index contributed by atoms with van der Waals surface area (Å²) in [7, 11) is 0. The average Bonchev–Trinajstić information content (AvgIpc) is 3.28. The first-order chi connectivity index (χ1) is 13.6. The average molecular weight is 375 g/mol. The first-order valence-corrected chi connectivity index (χ1v) is 8.65. The molecule has 0 aliphatic rings. The highest BCUT2D eigenvalue weighted by Crippen LogP contribution is 2.25. The zero-order chi connectivity index (χ0) is 19.3. The molecule has 8 heteroatoms. The third kappa shape index (κ3) is 2.58. The summed E-state index contributed by atoms with van der Waals surface area (Å²) in [4.78, 5) is 8.88. The molecule has 0 saturated carbocycles. The van der Waals surface area contributed by atoms with Crippen LogP contribution in [-0.2, 0) is 6.54 Å². The van der Waals surface area contributed by atoms with Crippen molar-refractivity contribution < 1.29 is 13.6 Å². The molecule has 7 nitrogen and oxygen atoms in total. The number of aromatic nitrogens is 5. The molecule has 0 atom stereocenters. The van der Waals surface area contributed by atoms with Crippen molar-refractivity contribution in [3.8, 4) is 11.3 Å². The Bertz CT molecular complexity index is 1320. The zero-order valence-electron chi connectivity index (χ0n) is 14.8. The number of hydrogen-bond donors (Lipinski definition) is 0. The highest BCUT2D eigenvalue weighted by molar-refractivity contribution is 5.97. The molecule has 0 amide bonds. The van der Waals surface area contributed by atoms with Crippen LogP contribution >= 0.6 is 0 Å². The summed E-state index contributed by atoms with van der Waals surface area (Å²) in [6.45, 7) is 2.24. The molecule has 4 heterocycles. The lowest BCUT2D eigenvalue weighted by Gasteiger charge is -2.06. The first kappa shape index (κ1) is 16.4. The van der Waals surface area contributed by atoms with Gasteiger partial charge in [-0.2, -0.15) is 4.73 Å². The molecular weight excluding hydrogens is 361 g/mol. The van der Waals surface area contributed by atoms with Gasteiger partial charge >= 0.3 is 0 Å². The van der Waals surface area contributed by atoms with Gasteiger partial charge in [-0.15, -0.1) is 0 Å². The molecule has 0 saturated heterocycles. The molecule has 0 aliphatic carbocycles. The van der Waals surface area contributed by atoms with E-state index in [1.54, 1.807) is 30.5 Å². The SMILES string of the molecule is Cc1nc2c[n+]([O-])c3cccnc3c2n1Cc1cc(-c2ccc(F)cc2)no1. The molecule has 5 rings (SSSR count). The molecule has 0 N–H and O–H groups in total. The van der Waals surface area contributed by atoms with E-state index in [0.717, 1.165) is 21.6 Å². The second-order valence-corrected chi connectivity index (χ2v) is 6.49. The standard InChI is InChI=1S/C20H14FN5O2/c1-12-23-17-11-26(27)18-3-2-8-22-19(18)20(17)25(12)10-15-9-16(24-28-15)13-4-6-14(21)7-5-13/h2-9,11H,10H2,1H3. The maximum atomic E-state index is 13.1. The van der Waals surface area contributed by atoms with Crippen LogP contribution in [0, 0.1) is 17.9 Å². The minimum absolute atomic E-state index is 0.303. The number of fused-ring (bicyclic) bond motifs is 3. The van der Waals surface area contributed by atoms with Gasteiger partial charge in [0.15, 0.2) is 16.8 Å². The van der Waals surface area contributed by atoms with Crippen LogP contribution in [0.1, 0.15) is 11.6 Å². The van der Waals surface area contributed by atoms with Crippen LogP contribution in [0.25, 0.3) is 33.3 Å². The summed E-state index contributed by atoms with van der Waals surface area (Å²) in [5, 5.41) is 16.3. The predicted octanol–water partition coefficient (Wildman–Crippen LogP) is 3.37. The Hall–Kier alpha value is -3.81. The minimum atomic E-state index is -0.303. The molecule has 0 bridgehead atoms. The van der Waals surface area contributed by atoms with E-state index in [2.05, 4.69) is 15.1 Å². The molecule has 0 aliphatic heterocycles. The normalized spacial score (nSPS) is 11.5. The van der Waals surface area contributed by atoms with E-state index in [1.165, 1.54) is 18.3 Å². The van der Waals surface area contributed by atoms with Crippen molar-refractivity contribution >= 4 is 22.1 Å². The van der Waals surface area contributed by atoms with Crippen LogP contribution < -0.4 is 4.73 Å². The van der Waals surface area contributed by atoms with Crippen LogP contribution in [-0.4, -0.2) is 19.7 Å². The third-order valence-electron chi connectivity index (χ3n) is 4.69. The van der Waals surface area contributed by atoms with Crippen molar-refractivity contribution in [3.05, 3.63) is 77.5 Å². The molecule has 5 aromatic rings. The van der Waals surface area contributed by atoms with Gasteiger partial charge in [-0.3, -0.25) is 0 Å². The van der Waals surface area contributed by atoms with Gasteiger partial charge in [-0.1, -0.05) is 5.16 Å². The van der Waals surface area contributed by atoms with Gasteiger partial charge in [0.05, 0.1) is 6.54 Å². The van der Waals surface area contributed by atoms with Crippen molar-refractivity contribution in [3.63, 3.8) is 0 Å². The smallest absolute Gasteiger partial charge is 0.244 e. The van der Waals surface area contributed by atoms with Crippen molar-refractivity contribution in [1.29, 1.82) is 0 Å². The molecule has 4 aromatic heterocycles. The quantitative estimate of drug-likeness (QED) is 0.357. The Kier molecular flexibility index (Phi) is 3.58. The lowest BCUT2D eigenvalue weighted by Crippen LogP contribution is -2.26. The predicted molar refractivity (Wildman–Crippen MR) is 99.7 cm³/mol. The summed E-state index contributed by atoms with van der Waals surface area (Å²) < 4.78 is 21.3. The molecule has 138 valence electrons. The number of nitrogens with zero attached hydrogens (tertiary/aromatic N) is 5. The topological polar surface area (TPSA) is 83.7 Å². The second kappa shape index (κ2) is 6.12. The van der Waals surface area contributed by atoms with Gasteiger partial charge in [0.1, 0.15) is 22.9 Å². The van der Waals surface area contributed by atoms with Crippen LogP contribution in [0.15, 0.2) is 59.4 Å². The summed E-state index contributed by atoms with van der Waals surface area (Å²) in [6, 6.07) is 11.3. The van der Waals surface area contributed by atoms with E-state index < -0.39 is 0 Å². The number of benzene rings is 1. The van der Waals surface area contributed by atoms with Gasteiger partial charge in [-0.05, 0) is 37.3 Å². The van der Waals surface area contributed by atoms with E-state index in [-0.39, 0.29) is 5.82 Å². The lowest BCUT2D eigenvalue weighted by atomic mass is 10.1. The van der Waals surface area contributed by atoms with E-state index in [1.807, 2.05) is 17.6 Å².